The van der Waals surface area contributed by atoms with Crippen LogP contribution in [0.3, 0.4) is 0 Å². The summed E-state index contributed by atoms with van der Waals surface area (Å²) in [5.74, 6) is 0. The summed E-state index contributed by atoms with van der Waals surface area (Å²) in [5, 5.41) is 0. The lowest BCUT2D eigenvalue weighted by molar-refractivity contribution is 1.11. The fourth-order valence-corrected chi connectivity index (χ4v) is 3.00. The highest BCUT2D eigenvalue weighted by Gasteiger charge is 2.12. The Kier molecular flexibility index (Phi) is 2.06. The molecule has 0 bridgehead atoms. The van der Waals surface area contributed by atoms with E-state index >= 15 is 0 Å². The first-order valence-corrected chi connectivity index (χ1v) is 6.92. The second kappa shape index (κ2) is 3.09. The van der Waals surface area contributed by atoms with Crippen molar-refractivity contribution in [3.8, 4) is 0 Å². The van der Waals surface area contributed by atoms with Gasteiger partial charge in [-0.05, 0) is 0 Å². The van der Waals surface area contributed by atoms with E-state index in [1.54, 1.807) is 25.0 Å². The van der Waals surface area contributed by atoms with Crippen molar-refractivity contribution in [3.05, 3.63) is 37.4 Å². The van der Waals surface area contributed by atoms with Gasteiger partial charge in [0, 0.05) is 31.5 Å². The Balaban J connectivity index is 2.49. The molecule has 0 spiro atoms. The molecule has 0 saturated heterocycles. The molecule has 6 heteroatoms. The number of aromatic nitrogens is 4. The fourth-order valence-electron chi connectivity index (χ4n) is 1.06. The van der Waals surface area contributed by atoms with Crippen LogP contribution in [0, 0.1) is 0 Å². The number of hydrogen-bond acceptors (Lipinski definition) is 3. The summed E-state index contributed by atoms with van der Waals surface area (Å²) in [6.07, 6.45) is 9.00. The third kappa shape index (κ3) is 1.45. The first kappa shape index (κ1) is 8.66. The molecule has 2 aromatic rings. The Morgan fingerprint density at radius 3 is 1.85 bits per heavy atom. The molecule has 0 saturated carbocycles. The summed E-state index contributed by atoms with van der Waals surface area (Å²) in [6, 6.07) is 0. The number of nitrogens with zero attached hydrogens (tertiary/aromatic N) is 4. The maximum Gasteiger partial charge on any atom is 0.130 e. The Morgan fingerprint density at radius 1 is 1.08 bits per heavy atom. The molecule has 68 valence electrons. The predicted octanol–water partition coefficient (Wildman–Crippen LogP) is 1.42. The molecule has 0 fully saturated rings. The Morgan fingerprint density at radius 2 is 1.54 bits per heavy atom. The first-order chi connectivity index (χ1) is 6.21. The number of rotatable bonds is 2. The molecule has 2 heterocycles. The van der Waals surface area contributed by atoms with E-state index in [1.165, 1.54) is 0 Å². The lowest BCUT2D eigenvalue weighted by Crippen LogP contribution is -2.00. The zero-order valence-corrected chi connectivity index (χ0v) is 8.82. The monoisotopic (exact) mass is 212 g/mol. The molecule has 0 aliphatic heterocycles. The van der Waals surface area contributed by atoms with Crippen molar-refractivity contribution in [1.29, 1.82) is 0 Å². The number of hydrogen-bond donors (Lipinski definition) is 0. The minimum absolute atomic E-state index is 1.74. The summed E-state index contributed by atoms with van der Waals surface area (Å²) in [4.78, 5) is 7.98. The first-order valence-electron chi connectivity index (χ1n) is 3.76. The molecule has 4 nitrogen and oxygen atoms in total. The molecular weight excluding hydrogens is 203 g/mol. The van der Waals surface area contributed by atoms with E-state index in [1.807, 2.05) is 27.7 Å². The van der Waals surface area contributed by atoms with E-state index in [2.05, 4.69) is 9.97 Å². The van der Waals surface area contributed by atoms with Crippen LogP contribution in [0.4, 0.5) is 0 Å². The average Bonchev–Trinajstić information content (AvgIpc) is 2.78. The van der Waals surface area contributed by atoms with Crippen LogP contribution < -0.4 is 0 Å². The molecule has 0 aliphatic carbocycles. The van der Waals surface area contributed by atoms with Gasteiger partial charge in [0.1, 0.15) is 6.34 Å². The van der Waals surface area contributed by atoms with Gasteiger partial charge < -0.3 is 0 Å². The van der Waals surface area contributed by atoms with Crippen molar-refractivity contribution in [2.45, 2.75) is 0 Å². The van der Waals surface area contributed by atoms with Crippen molar-refractivity contribution in [2.75, 3.05) is 6.66 Å². The van der Waals surface area contributed by atoms with Gasteiger partial charge in [0.2, 0.25) is 0 Å². The van der Waals surface area contributed by atoms with Crippen LogP contribution in [0.2, 0.25) is 0 Å². The van der Waals surface area contributed by atoms with Gasteiger partial charge in [0.15, 0.2) is 0 Å². The highest BCUT2D eigenvalue weighted by Crippen LogP contribution is 2.43. The van der Waals surface area contributed by atoms with Gasteiger partial charge in [-0.3, -0.25) is 8.68 Å². The molecule has 0 atom stereocenters. The van der Waals surface area contributed by atoms with E-state index < -0.39 is 6.34 Å². The van der Waals surface area contributed by atoms with Gasteiger partial charge in [-0.2, -0.15) is 0 Å². The molecule has 0 aromatic carbocycles. The molecule has 0 radical (unpaired) electrons. The largest absolute Gasteiger partial charge is 0.292 e. The molecule has 2 aromatic heterocycles. The van der Waals surface area contributed by atoms with E-state index in [0.717, 1.165) is 0 Å². The molecule has 0 aliphatic rings. The summed E-state index contributed by atoms with van der Waals surface area (Å²) in [6.45, 7) is 2.03. The van der Waals surface area contributed by atoms with Crippen molar-refractivity contribution < 1.29 is 0 Å². The summed E-state index contributed by atoms with van der Waals surface area (Å²) in [5.41, 5.74) is 0. The average molecular weight is 212 g/mol. The predicted molar refractivity (Wildman–Crippen MR) is 55.5 cm³/mol. The maximum atomic E-state index is 5.54. The quantitative estimate of drug-likeness (QED) is 0.706. The minimum Gasteiger partial charge on any atom is -0.292 e. The molecular formula is C7H9N4PS. The van der Waals surface area contributed by atoms with Crippen LogP contribution in [0.15, 0.2) is 37.4 Å². The van der Waals surface area contributed by atoms with Gasteiger partial charge >= 0.3 is 0 Å². The summed E-state index contributed by atoms with van der Waals surface area (Å²) >= 11 is 5.54. The molecule has 0 amide bonds. The van der Waals surface area contributed by atoms with Crippen molar-refractivity contribution in [2.24, 2.45) is 0 Å². The van der Waals surface area contributed by atoms with Gasteiger partial charge in [-0.15, -0.1) is 0 Å². The van der Waals surface area contributed by atoms with E-state index in [9.17, 15) is 0 Å². The highest BCUT2D eigenvalue weighted by atomic mass is 32.4. The third-order valence-electron chi connectivity index (χ3n) is 1.84. The van der Waals surface area contributed by atoms with Crippen molar-refractivity contribution in [3.63, 3.8) is 0 Å². The van der Waals surface area contributed by atoms with Gasteiger partial charge in [-0.1, -0.05) is 11.8 Å². The molecule has 0 unspecified atom stereocenters. The Hall–Kier alpha value is -0.930. The van der Waals surface area contributed by atoms with Crippen molar-refractivity contribution in [1.82, 2.24) is 18.6 Å². The van der Waals surface area contributed by atoms with Crippen LogP contribution in [-0.2, 0) is 11.8 Å². The van der Waals surface area contributed by atoms with Gasteiger partial charge in [-0.25, -0.2) is 9.97 Å². The molecule has 2 rings (SSSR count). The Labute approximate surface area is 81.4 Å². The van der Waals surface area contributed by atoms with E-state index in [0.29, 0.717) is 0 Å². The second-order valence-corrected chi connectivity index (χ2v) is 7.39. The molecule has 13 heavy (non-hydrogen) atoms. The second-order valence-electron chi connectivity index (χ2n) is 2.72. The lowest BCUT2D eigenvalue weighted by atomic mass is 11.0. The fraction of sp³-hybridized carbons (Fsp3) is 0.143. The van der Waals surface area contributed by atoms with E-state index in [-0.39, 0.29) is 0 Å². The van der Waals surface area contributed by atoms with Crippen LogP contribution in [-0.4, -0.2) is 25.3 Å². The van der Waals surface area contributed by atoms with Crippen LogP contribution in [0.5, 0.6) is 0 Å². The van der Waals surface area contributed by atoms with E-state index in [4.69, 9.17) is 11.8 Å². The topological polar surface area (TPSA) is 35.6 Å². The van der Waals surface area contributed by atoms with Crippen LogP contribution >= 0.6 is 6.34 Å². The maximum absolute atomic E-state index is 5.54. The SMILES string of the molecule is CP(=S)(n1ccnc1)n1ccnc1. The van der Waals surface area contributed by atoms with Crippen molar-refractivity contribution >= 4 is 18.1 Å². The zero-order valence-electron chi connectivity index (χ0n) is 7.11. The minimum atomic E-state index is -1.76. The number of imidazole rings is 2. The third-order valence-corrected chi connectivity index (χ3v) is 5.16. The zero-order chi connectivity index (χ0) is 9.31. The highest BCUT2D eigenvalue weighted by molar-refractivity contribution is 8.12. The summed E-state index contributed by atoms with van der Waals surface area (Å²) in [7, 11) is 0. The molecule has 0 N–H and O–H groups in total. The smallest absolute Gasteiger partial charge is 0.130 e. The standard InChI is InChI=1S/C7H9N4PS/c1-12(13,10-4-2-8-6-10)11-5-3-9-7-11/h2-7H,1H3. The van der Waals surface area contributed by atoms with Crippen LogP contribution in [0.1, 0.15) is 0 Å². The van der Waals surface area contributed by atoms with Crippen LogP contribution in [0.25, 0.3) is 0 Å². The Bertz CT molecular complexity index is 381. The summed E-state index contributed by atoms with van der Waals surface area (Å²) < 4.78 is 3.92. The lowest BCUT2D eigenvalue weighted by Gasteiger charge is -2.18. The normalized spacial score (nSPS) is 11.8. The van der Waals surface area contributed by atoms with Gasteiger partial charge in [0.25, 0.3) is 0 Å². The van der Waals surface area contributed by atoms with Gasteiger partial charge in [0.05, 0.1) is 12.7 Å².